The molecule has 0 saturated carbocycles. The summed E-state index contributed by atoms with van der Waals surface area (Å²) in [5.41, 5.74) is 0. The van der Waals surface area contributed by atoms with Crippen LogP contribution in [0.15, 0.2) is 12.4 Å². The summed E-state index contributed by atoms with van der Waals surface area (Å²) in [4.78, 5) is 11.1. The van der Waals surface area contributed by atoms with Crippen LogP contribution in [0, 0.1) is 0 Å². The molecule has 0 aromatic carbocycles. The highest BCUT2D eigenvalue weighted by molar-refractivity contribution is 5.50. The molecule has 2 saturated heterocycles. The third-order valence-corrected chi connectivity index (χ3v) is 4.45. The molecule has 2 aliphatic heterocycles. The van der Waals surface area contributed by atoms with E-state index < -0.39 is 0 Å². The lowest BCUT2D eigenvalue weighted by molar-refractivity contribution is 0.0875. The van der Waals surface area contributed by atoms with Gasteiger partial charge in [0.2, 0.25) is 0 Å². The number of anilines is 2. The Kier molecular flexibility index (Phi) is 5.10. The van der Waals surface area contributed by atoms with E-state index in [4.69, 9.17) is 4.74 Å². The Morgan fingerprint density at radius 2 is 2.32 bits per heavy atom. The molecule has 0 unspecified atom stereocenters. The lowest BCUT2D eigenvalue weighted by Crippen LogP contribution is -2.33. The molecular formula is C16H26N4O2. The van der Waals surface area contributed by atoms with Crippen molar-refractivity contribution in [1.82, 2.24) is 9.97 Å². The molecule has 1 aromatic rings. The van der Waals surface area contributed by atoms with E-state index in [1.807, 2.05) is 13.0 Å². The van der Waals surface area contributed by atoms with Crippen LogP contribution < -0.4 is 10.2 Å². The summed E-state index contributed by atoms with van der Waals surface area (Å²) >= 11 is 0. The van der Waals surface area contributed by atoms with Crippen molar-refractivity contribution < 1.29 is 9.84 Å². The number of nitrogens with zero attached hydrogens (tertiary/aromatic N) is 3. The van der Waals surface area contributed by atoms with Gasteiger partial charge in [0.15, 0.2) is 0 Å². The van der Waals surface area contributed by atoms with Crippen molar-refractivity contribution in [1.29, 1.82) is 0 Å². The van der Waals surface area contributed by atoms with E-state index in [-0.39, 0.29) is 6.10 Å². The van der Waals surface area contributed by atoms with Crippen LogP contribution in [0.5, 0.6) is 0 Å². The molecule has 2 aliphatic rings. The van der Waals surface area contributed by atoms with Crippen LogP contribution in [0.3, 0.4) is 0 Å². The first-order valence-electron chi connectivity index (χ1n) is 8.33. The van der Waals surface area contributed by atoms with E-state index in [2.05, 4.69) is 20.2 Å². The zero-order valence-corrected chi connectivity index (χ0v) is 13.2. The number of aromatic nitrogens is 2. The van der Waals surface area contributed by atoms with Crippen LogP contribution in [0.2, 0.25) is 0 Å². The van der Waals surface area contributed by atoms with Crippen LogP contribution in [-0.4, -0.2) is 53.0 Å². The Morgan fingerprint density at radius 3 is 3.09 bits per heavy atom. The van der Waals surface area contributed by atoms with Crippen molar-refractivity contribution in [2.75, 3.05) is 30.0 Å². The van der Waals surface area contributed by atoms with E-state index in [1.165, 1.54) is 0 Å². The maximum absolute atomic E-state index is 9.66. The molecule has 6 nitrogen and oxygen atoms in total. The molecule has 0 spiro atoms. The third-order valence-electron chi connectivity index (χ3n) is 4.45. The van der Waals surface area contributed by atoms with Gasteiger partial charge in [-0.25, -0.2) is 9.97 Å². The summed E-state index contributed by atoms with van der Waals surface area (Å²) in [7, 11) is 0. The molecule has 1 aromatic heterocycles. The average Bonchev–Trinajstić information content (AvgIpc) is 2.96. The van der Waals surface area contributed by atoms with Crippen molar-refractivity contribution in [3.63, 3.8) is 0 Å². The van der Waals surface area contributed by atoms with Gasteiger partial charge >= 0.3 is 0 Å². The lowest BCUT2D eigenvalue weighted by Gasteiger charge is -2.27. The molecule has 3 rings (SSSR count). The van der Waals surface area contributed by atoms with Gasteiger partial charge in [0.25, 0.3) is 0 Å². The average molecular weight is 306 g/mol. The molecule has 0 aliphatic carbocycles. The Labute approximate surface area is 131 Å². The van der Waals surface area contributed by atoms with Gasteiger partial charge < -0.3 is 20.1 Å². The number of aliphatic hydroxyl groups excluding tert-OH is 1. The summed E-state index contributed by atoms with van der Waals surface area (Å²) in [5, 5.41) is 13.1. The molecule has 0 radical (unpaired) electrons. The van der Waals surface area contributed by atoms with Crippen molar-refractivity contribution in [2.45, 2.75) is 57.2 Å². The van der Waals surface area contributed by atoms with Gasteiger partial charge in [0, 0.05) is 25.3 Å². The van der Waals surface area contributed by atoms with Gasteiger partial charge in [0.05, 0.1) is 18.8 Å². The SMILES string of the molecule is C[C@H](O)C[C@@H]1CCCN1c1cc(N[C@@H]2CCCOC2)ncn1. The summed E-state index contributed by atoms with van der Waals surface area (Å²) < 4.78 is 5.50. The summed E-state index contributed by atoms with van der Waals surface area (Å²) in [6.07, 6.45) is 6.63. The van der Waals surface area contributed by atoms with Crippen LogP contribution >= 0.6 is 0 Å². The normalized spacial score (nSPS) is 26.9. The number of hydrogen-bond acceptors (Lipinski definition) is 6. The minimum absolute atomic E-state index is 0.274. The van der Waals surface area contributed by atoms with Crippen LogP contribution in [0.25, 0.3) is 0 Å². The van der Waals surface area contributed by atoms with Crippen LogP contribution in [0.1, 0.15) is 39.0 Å². The molecule has 0 amide bonds. The molecule has 2 fully saturated rings. The predicted octanol–water partition coefficient (Wildman–Crippen LogP) is 1.81. The molecule has 6 heteroatoms. The van der Waals surface area contributed by atoms with Crippen molar-refractivity contribution in [3.05, 3.63) is 12.4 Å². The third kappa shape index (κ3) is 3.87. The van der Waals surface area contributed by atoms with Gasteiger partial charge in [0.1, 0.15) is 18.0 Å². The number of aliphatic hydroxyl groups is 1. The minimum Gasteiger partial charge on any atom is -0.393 e. The molecular weight excluding hydrogens is 280 g/mol. The van der Waals surface area contributed by atoms with E-state index >= 15 is 0 Å². The summed E-state index contributed by atoms with van der Waals surface area (Å²) in [6.45, 7) is 4.46. The number of rotatable bonds is 5. The number of ether oxygens (including phenoxy) is 1. The second-order valence-corrected chi connectivity index (χ2v) is 6.39. The zero-order chi connectivity index (χ0) is 15.4. The van der Waals surface area contributed by atoms with Crippen molar-refractivity contribution >= 4 is 11.6 Å². The maximum atomic E-state index is 9.66. The fourth-order valence-electron chi connectivity index (χ4n) is 3.42. The fourth-order valence-corrected chi connectivity index (χ4v) is 3.42. The van der Waals surface area contributed by atoms with Gasteiger partial charge in [-0.3, -0.25) is 0 Å². The van der Waals surface area contributed by atoms with E-state index in [1.54, 1.807) is 6.33 Å². The second-order valence-electron chi connectivity index (χ2n) is 6.39. The highest BCUT2D eigenvalue weighted by atomic mass is 16.5. The summed E-state index contributed by atoms with van der Waals surface area (Å²) in [5.74, 6) is 1.82. The Morgan fingerprint density at radius 1 is 1.41 bits per heavy atom. The first-order chi connectivity index (χ1) is 10.7. The molecule has 3 heterocycles. The van der Waals surface area contributed by atoms with Gasteiger partial charge in [-0.05, 0) is 39.0 Å². The van der Waals surface area contributed by atoms with Crippen LogP contribution in [0.4, 0.5) is 11.6 Å². The molecule has 2 N–H and O–H groups in total. The van der Waals surface area contributed by atoms with Crippen molar-refractivity contribution in [2.24, 2.45) is 0 Å². The Hall–Kier alpha value is -1.40. The van der Waals surface area contributed by atoms with E-state index in [0.29, 0.717) is 12.1 Å². The van der Waals surface area contributed by atoms with E-state index in [0.717, 1.165) is 63.5 Å². The lowest BCUT2D eigenvalue weighted by atomic mass is 10.1. The van der Waals surface area contributed by atoms with Gasteiger partial charge in [-0.15, -0.1) is 0 Å². The predicted molar refractivity (Wildman–Crippen MR) is 86.2 cm³/mol. The smallest absolute Gasteiger partial charge is 0.134 e. The standard InChI is InChI=1S/C16H26N4O2/c1-12(21)8-14-5-2-6-20(14)16-9-15(17-11-18-16)19-13-4-3-7-22-10-13/h9,11-14,21H,2-8,10H2,1H3,(H,17,18,19)/t12-,13+,14-/m0/s1. The van der Waals surface area contributed by atoms with Crippen LogP contribution in [-0.2, 0) is 4.74 Å². The monoisotopic (exact) mass is 306 g/mol. The quantitative estimate of drug-likeness (QED) is 0.864. The highest BCUT2D eigenvalue weighted by Gasteiger charge is 2.27. The molecule has 0 bridgehead atoms. The van der Waals surface area contributed by atoms with Gasteiger partial charge in [-0.2, -0.15) is 0 Å². The Bertz CT molecular complexity index is 477. The van der Waals surface area contributed by atoms with Crippen molar-refractivity contribution in [3.8, 4) is 0 Å². The fraction of sp³-hybridized carbons (Fsp3) is 0.750. The number of hydrogen-bond donors (Lipinski definition) is 2. The van der Waals surface area contributed by atoms with Gasteiger partial charge in [-0.1, -0.05) is 0 Å². The number of nitrogens with one attached hydrogen (secondary N) is 1. The largest absolute Gasteiger partial charge is 0.393 e. The molecule has 22 heavy (non-hydrogen) atoms. The zero-order valence-electron chi connectivity index (χ0n) is 13.2. The molecule has 122 valence electrons. The maximum Gasteiger partial charge on any atom is 0.134 e. The molecule has 3 atom stereocenters. The second kappa shape index (κ2) is 7.24. The topological polar surface area (TPSA) is 70.5 Å². The Balaban J connectivity index is 1.67. The first kappa shape index (κ1) is 15.5. The highest BCUT2D eigenvalue weighted by Crippen LogP contribution is 2.27. The summed E-state index contributed by atoms with van der Waals surface area (Å²) in [6, 6.07) is 2.73. The first-order valence-corrected chi connectivity index (χ1v) is 8.33. The minimum atomic E-state index is -0.274. The van der Waals surface area contributed by atoms with E-state index in [9.17, 15) is 5.11 Å².